The SMILES string of the molecule is CCCCCCC=C(C)C(=O)OC(CCO)CCCCC. The Morgan fingerprint density at radius 1 is 1.05 bits per heavy atom. The number of carbonyl (C=O) groups is 1. The van der Waals surface area contributed by atoms with Crippen molar-refractivity contribution in [1.82, 2.24) is 0 Å². The van der Waals surface area contributed by atoms with Gasteiger partial charge in [0.2, 0.25) is 0 Å². The quantitative estimate of drug-likeness (QED) is 0.302. The number of rotatable bonds is 13. The fourth-order valence-corrected chi connectivity index (χ4v) is 2.25. The molecule has 0 spiro atoms. The third kappa shape index (κ3) is 11.5. The standard InChI is InChI=1S/C18H34O3/c1-4-6-8-9-11-12-16(3)18(20)21-17(14-15-19)13-10-7-5-2/h12,17,19H,4-11,13-15H2,1-3H3. The molecule has 0 aliphatic heterocycles. The van der Waals surface area contributed by atoms with Crippen molar-refractivity contribution in [2.75, 3.05) is 6.61 Å². The minimum absolute atomic E-state index is 0.0733. The third-order valence-electron chi connectivity index (χ3n) is 3.68. The molecule has 0 aromatic heterocycles. The number of unbranched alkanes of at least 4 members (excludes halogenated alkanes) is 6. The van der Waals surface area contributed by atoms with Crippen LogP contribution in [0.2, 0.25) is 0 Å². The van der Waals surface area contributed by atoms with Crippen LogP contribution in [0.15, 0.2) is 11.6 Å². The summed E-state index contributed by atoms with van der Waals surface area (Å²) in [6.45, 7) is 6.24. The highest BCUT2D eigenvalue weighted by Crippen LogP contribution is 2.13. The maximum atomic E-state index is 12.0. The number of esters is 1. The second kappa shape index (κ2) is 14.1. The lowest BCUT2D eigenvalue weighted by molar-refractivity contribution is -0.145. The van der Waals surface area contributed by atoms with Crippen molar-refractivity contribution in [2.45, 2.75) is 91.1 Å². The third-order valence-corrected chi connectivity index (χ3v) is 3.68. The molecule has 0 rings (SSSR count). The van der Waals surface area contributed by atoms with E-state index < -0.39 is 0 Å². The number of allylic oxidation sites excluding steroid dienone is 1. The predicted octanol–water partition coefficient (Wildman–Crippen LogP) is 4.78. The largest absolute Gasteiger partial charge is 0.459 e. The molecule has 0 heterocycles. The average Bonchev–Trinajstić information content (AvgIpc) is 2.47. The molecule has 1 N–H and O–H groups in total. The number of hydrogen-bond acceptors (Lipinski definition) is 3. The molecule has 0 aliphatic rings. The van der Waals surface area contributed by atoms with E-state index >= 15 is 0 Å². The molecule has 0 fully saturated rings. The first-order valence-electron chi connectivity index (χ1n) is 8.64. The van der Waals surface area contributed by atoms with Gasteiger partial charge in [0.05, 0.1) is 0 Å². The summed E-state index contributed by atoms with van der Waals surface area (Å²) in [6, 6.07) is 0. The Morgan fingerprint density at radius 3 is 2.33 bits per heavy atom. The maximum absolute atomic E-state index is 12.0. The molecule has 3 nitrogen and oxygen atoms in total. The maximum Gasteiger partial charge on any atom is 0.333 e. The van der Waals surface area contributed by atoms with Gasteiger partial charge in [0, 0.05) is 18.6 Å². The van der Waals surface area contributed by atoms with Gasteiger partial charge < -0.3 is 9.84 Å². The second-order valence-electron chi connectivity index (χ2n) is 5.77. The van der Waals surface area contributed by atoms with Crippen molar-refractivity contribution in [3.8, 4) is 0 Å². The molecule has 0 saturated heterocycles. The summed E-state index contributed by atoms with van der Waals surface area (Å²) in [5.41, 5.74) is 0.699. The van der Waals surface area contributed by atoms with Crippen molar-refractivity contribution >= 4 is 5.97 Å². The molecule has 1 atom stereocenters. The van der Waals surface area contributed by atoms with Gasteiger partial charge in [-0.2, -0.15) is 0 Å². The molecular weight excluding hydrogens is 264 g/mol. The van der Waals surface area contributed by atoms with Crippen LogP contribution in [0, 0.1) is 0 Å². The van der Waals surface area contributed by atoms with Crippen molar-refractivity contribution in [1.29, 1.82) is 0 Å². The Bertz CT molecular complexity index is 284. The molecule has 0 amide bonds. The van der Waals surface area contributed by atoms with Crippen LogP contribution in [0.1, 0.15) is 85.0 Å². The summed E-state index contributed by atoms with van der Waals surface area (Å²) in [4.78, 5) is 12.0. The number of hydrogen-bond donors (Lipinski definition) is 1. The predicted molar refractivity (Wildman–Crippen MR) is 88.2 cm³/mol. The lowest BCUT2D eigenvalue weighted by atomic mass is 10.1. The molecule has 1 unspecified atom stereocenters. The first-order chi connectivity index (χ1) is 10.2. The minimum atomic E-state index is -0.222. The molecule has 0 saturated carbocycles. The molecule has 0 radical (unpaired) electrons. The van der Waals surface area contributed by atoms with Gasteiger partial charge in [-0.05, 0) is 32.6 Å². The summed E-state index contributed by atoms with van der Waals surface area (Å²) in [5.74, 6) is -0.222. The van der Waals surface area contributed by atoms with E-state index in [-0.39, 0.29) is 18.7 Å². The normalized spacial score (nSPS) is 13.2. The smallest absolute Gasteiger partial charge is 0.333 e. The van der Waals surface area contributed by atoms with E-state index in [1.165, 1.54) is 19.3 Å². The van der Waals surface area contributed by atoms with E-state index in [0.717, 1.165) is 38.5 Å². The molecule has 124 valence electrons. The summed E-state index contributed by atoms with van der Waals surface area (Å²) in [5, 5.41) is 9.06. The monoisotopic (exact) mass is 298 g/mol. The van der Waals surface area contributed by atoms with Crippen LogP contribution in [0.25, 0.3) is 0 Å². The van der Waals surface area contributed by atoms with Gasteiger partial charge in [-0.15, -0.1) is 0 Å². The lowest BCUT2D eigenvalue weighted by Crippen LogP contribution is -2.20. The zero-order valence-corrected chi connectivity index (χ0v) is 14.2. The van der Waals surface area contributed by atoms with Crippen molar-refractivity contribution in [3.05, 3.63) is 11.6 Å². The van der Waals surface area contributed by atoms with Gasteiger partial charge in [-0.3, -0.25) is 0 Å². The van der Waals surface area contributed by atoms with E-state index in [1.54, 1.807) is 0 Å². The van der Waals surface area contributed by atoms with Gasteiger partial charge in [-0.1, -0.05) is 52.0 Å². The van der Waals surface area contributed by atoms with Crippen LogP contribution in [0.5, 0.6) is 0 Å². The summed E-state index contributed by atoms with van der Waals surface area (Å²) in [6.07, 6.45) is 12.4. The number of ether oxygens (including phenoxy) is 1. The van der Waals surface area contributed by atoms with Gasteiger partial charge in [-0.25, -0.2) is 4.79 Å². The summed E-state index contributed by atoms with van der Waals surface area (Å²) in [7, 11) is 0. The summed E-state index contributed by atoms with van der Waals surface area (Å²) >= 11 is 0. The van der Waals surface area contributed by atoms with E-state index in [9.17, 15) is 4.79 Å². The van der Waals surface area contributed by atoms with Crippen molar-refractivity contribution in [3.63, 3.8) is 0 Å². The Balaban J connectivity index is 4.10. The Kier molecular flexibility index (Phi) is 13.6. The van der Waals surface area contributed by atoms with Gasteiger partial charge in [0.15, 0.2) is 0 Å². The number of aliphatic hydroxyl groups excluding tert-OH is 1. The van der Waals surface area contributed by atoms with Crippen LogP contribution in [0.3, 0.4) is 0 Å². The highest BCUT2D eigenvalue weighted by Gasteiger charge is 2.14. The van der Waals surface area contributed by atoms with E-state index in [1.807, 2.05) is 13.0 Å². The van der Waals surface area contributed by atoms with E-state index in [2.05, 4.69) is 13.8 Å². The van der Waals surface area contributed by atoms with Crippen LogP contribution < -0.4 is 0 Å². The molecule has 0 aromatic rings. The lowest BCUT2D eigenvalue weighted by Gasteiger charge is -2.17. The Hall–Kier alpha value is -0.830. The zero-order valence-electron chi connectivity index (χ0n) is 14.2. The number of carbonyl (C=O) groups excluding carboxylic acids is 1. The fraction of sp³-hybridized carbons (Fsp3) is 0.833. The van der Waals surface area contributed by atoms with Crippen molar-refractivity contribution in [2.24, 2.45) is 0 Å². The Morgan fingerprint density at radius 2 is 1.71 bits per heavy atom. The Labute approximate surface area is 130 Å². The molecule has 0 aromatic carbocycles. The zero-order chi connectivity index (χ0) is 15.9. The molecule has 21 heavy (non-hydrogen) atoms. The highest BCUT2D eigenvalue weighted by molar-refractivity contribution is 5.87. The van der Waals surface area contributed by atoms with Gasteiger partial charge in [0.25, 0.3) is 0 Å². The second-order valence-corrected chi connectivity index (χ2v) is 5.77. The van der Waals surface area contributed by atoms with E-state index in [4.69, 9.17) is 9.84 Å². The van der Waals surface area contributed by atoms with Gasteiger partial charge >= 0.3 is 5.97 Å². The minimum Gasteiger partial charge on any atom is -0.459 e. The van der Waals surface area contributed by atoms with E-state index in [0.29, 0.717) is 12.0 Å². The molecule has 0 bridgehead atoms. The highest BCUT2D eigenvalue weighted by atomic mass is 16.5. The van der Waals surface area contributed by atoms with Crippen LogP contribution in [0.4, 0.5) is 0 Å². The number of aliphatic hydroxyl groups is 1. The first-order valence-corrected chi connectivity index (χ1v) is 8.64. The average molecular weight is 298 g/mol. The van der Waals surface area contributed by atoms with Gasteiger partial charge in [0.1, 0.15) is 6.10 Å². The first kappa shape index (κ1) is 20.2. The molecule has 0 aliphatic carbocycles. The topological polar surface area (TPSA) is 46.5 Å². The van der Waals surface area contributed by atoms with Crippen molar-refractivity contribution < 1.29 is 14.6 Å². The van der Waals surface area contributed by atoms with Crippen LogP contribution in [-0.2, 0) is 9.53 Å². The summed E-state index contributed by atoms with van der Waals surface area (Å²) < 4.78 is 5.51. The molecular formula is C18H34O3. The fourth-order valence-electron chi connectivity index (χ4n) is 2.25. The molecule has 3 heteroatoms. The van der Waals surface area contributed by atoms with Crippen LogP contribution >= 0.6 is 0 Å². The van der Waals surface area contributed by atoms with Crippen LogP contribution in [-0.4, -0.2) is 23.8 Å².